The number of hydrogen-bond donors (Lipinski definition) is 1. The fourth-order valence-electron chi connectivity index (χ4n) is 0.862. The molecule has 2 aromatic heterocycles. The van der Waals surface area contributed by atoms with E-state index in [4.69, 9.17) is 5.26 Å². The Balaban J connectivity index is 2.22. The first kappa shape index (κ1) is 8.72. The van der Waals surface area contributed by atoms with Crippen LogP contribution in [-0.4, -0.2) is 19.9 Å². The van der Waals surface area contributed by atoms with Crippen LogP contribution in [0.5, 0.6) is 0 Å². The quantitative estimate of drug-likeness (QED) is 0.742. The third-order valence-corrected chi connectivity index (χ3v) is 2.28. The van der Waals surface area contributed by atoms with Crippen LogP contribution >= 0.6 is 11.8 Å². The van der Waals surface area contributed by atoms with Crippen LogP contribution in [0.1, 0.15) is 5.69 Å². The second-order valence-electron chi connectivity index (χ2n) is 2.35. The first-order valence-corrected chi connectivity index (χ1v) is 4.59. The summed E-state index contributed by atoms with van der Waals surface area (Å²) in [7, 11) is 0. The van der Waals surface area contributed by atoms with Gasteiger partial charge in [0.25, 0.3) is 0 Å². The Bertz CT molecular complexity index is 459. The molecule has 5 nitrogen and oxygen atoms in total. The molecular formula is C8H5N5S. The molecule has 0 aliphatic carbocycles. The first-order chi connectivity index (χ1) is 6.88. The van der Waals surface area contributed by atoms with Crippen LogP contribution in [0.3, 0.4) is 0 Å². The number of aromatic nitrogens is 4. The molecule has 0 bridgehead atoms. The first-order valence-electron chi connectivity index (χ1n) is 3.78. The highest BCUT2D eigenvalue weighted by molar-refractivity contribution is 7.99. The largest absolute Gasteiger partial charge is 0.339 e. The van der Waals surface area contributed by atoms with Crippen molar-refractivity contribution < 1.29 is 0 Å². The highest BCUT2D eigenvalue weighted by Crippen LogP contribution is 2.21. The molecule has 0 aliphatic heterocycles. The van der Waals surface area contributed by atoms with Gasteiger partial charge in [0.15, 0.2) is 5.16 Å². The van der Waals surface area contributed by atoms with E-state index >= 15 is 0 Å². The zero-order valence-electron chi connectivity index (χ0n) is 7.01. The van der Waals surface area contributed by atoms with Gasteiger partial charge in [0, 0.05) is 18.5 Å². The molecule has 14 heavy (non-hydrogen) atoms. The minimum Gasteiger partial charge on any atom is -0.339 e. The maximum Gasteiger partial charge on any atom is 0.171 e. The number of hydrogen-bond acceptors (Lipinski definition) is 5. The van der Waals surface area contributed by atoms with Crippen LogP contribution in [0.2, 0.25) is 0 Å². The number of rotatable bonds is 2. The molecule has 68 valence electrons. The molecule has 0 spiro atoms. The van der Waals surface area contributed by atoms with E-state index in [1.165, 1.54) is 18.1 Å². The Hall–Kier alpha value is -1.87. The Kier molecular flexibility index (Phi) is 2.42. The van der Waals surface area contributed by atoms with Crippen LogP contribution in [0, 0.1) is 11.3 Å². The predicted octanol–water partition coefficient (Wildman–Crippen LogP) is 1.22. The van der Waals surface area contributed by atoms with Crippen LogP contribution in [0.25, 0.3) is 0 Å². The molecule has 1 N–H and O–H groups in total. The average Bonchev–Trinajstić information content (AvgIpc) is 2.71. The zero-order chi connectivity index (χ0) is 9.80. The molecule has 0 atom stereocenters. The van der Waals surface area contributed by atoms with Gasteiger partial charge in [-0.25, -0.2) is 15.0 Å². The van der Waals surface area contributed by atoms with Gasteiger partial charge < -0.3 is 4.98 Å². The van der Waals surface area contributed by atoms with Crippen molar-refractivity contribution in [3.63, 3.8) is 0 Å². The topological polar surface area (TPSA) is 78.2 Å². The Morgan fingerprint density at radius 2 is 2.29 bits per heavy atom. The highest BCUT2D eigenvalue weighted by Gasteiger charge is 2.01. The lowest BCUT2D eigenvalue weighted by molar-refractivity contribution is 1.01. The third kappa shape index (κ3) is 1.89. The molecule has 0 amide bonds. The van der Waals surface area contributed by atoms with Crippen molar-refractivity contribution in [3.05, 3.63) is 30.5 Å². The van der Waals surface area contributed by atoms with Gasteiger partial charge >= 0.3 is 0 Å². The van der Waals surface area contributed by atoms with Crippen molar-refractivity contribution in [3.8, 4) is 6.07 Å². The van der Waals surface area contributed by atoms with Crippen molar-refractivity contribution in [1.29, 1.82) is 5.26 Å². The van der Waals surface area contributed by atoms with Gasteiger partial charge in [0.05, 0.1) is 0 Å². The van der Waals surface area contributed by atoms with E-state index in [1.807, 2.05) is 6.07 Å². The molecule has 0 radical (unpaired) electrons. The number of nitrogens with zero attached hydrogens (tertiary/aromatic N) is 4. The van der Waals surface area contributed by atoms with Crippen LogP contribution in [0.15, 0.2) is 35.0 Å². The molecule has 0 saturated heterocycles. The molecule has 6 heteroatoms. The van der Waals surface area contributed by atoms with Crippen LogP contribution in [-0.2, 0) is 0 Å². The summed E-state index contributed by atoms with van der Waals surface area (Å²) in [6, 6.07) is 3.57. The average molecular weight is 203 g/mol. The fraction of sp³-hybridized carbons (Fsp3) is 0. The molecule has 0 saturated carbocycles. The van der Waals surface area contributed by atoms with E-state index in [0.29, 0.717) is 10.7 Å². The lowest BCUT2D eigenvalue weighted by Gasteiger charge is -1.95. The lowest BCUT2D eigenvalue weighted by atomic mass is 10.4. The van der Waals surface area contributed by atoms with Gasteiger partial charge in [-0.3, -0.25) is 0 Å². The van der Waals surface area contributed by atoms with E-state index < -0.39 is 0 Å². The van der Waals surface area contributed by atoms with Gasteiger partial charge in [0.1, 0.15) is 23.1 Å². The molecule has 0 aliphatic rings. The normalized spacial score (nSPS) is 9.64. The van der Waals surface area contributed by atoms with Crippen LogP contribution in [0.4, 0.5) is 0 Å². The standard InChI is InChI=1S/C8H5N5S/c9-4-6-3-7(13-5-12-6)14-8-10-1-2-11-8/h1-3,5H,(H,10,11). The van der Waals surface area contributed by atoms with Crippen molar-refractivity contribution in [1.82, 2.24) is 19.9 Å². The van der Waals surface area contributed by atoms with Gasteiger partial charge in [-0.05, 0) is 11.8 Å². The van der Waals surface area contributed by atoms with E-state index in [-0.39, 0.29) is 0 Å². The summed E-state index contributed by atoms with van der Waals surface area (Å²) in [6.45, 7) is 0. The van der Waals surface area contributed by atoms with Gasteiger partial charge in [-0.15, -0.1) is 0 Å². The number of H-pyrrole nitrogens is 1. The van der Waals surface area contributed by atoms with E-state index in [2.05, 4.69) is 19.9 Å². The van der Waals surface area contributed by atoms with Crippen LogP contribution < -0.4 is 0 Å². The fourth-order valence-corrected chi connectivity index (χ4v) is 1.57. The molecular weight excluding hydrogens is 198 g/mol. The van der Waals surface area contributed by atoms with Crippen molar-refractivity contribution >= 4 is 11.8 Å². The summed E-state index contributed by atoms with van der Waals surface area (Å²) in [5.41, 5.74) is 0.356. The monoisotopic (exact) mass is 203 g/mol. The maximum absolute atomic E-state index is 8.62. The summed E-state index contributed by atoms with van der Waals surface area (Å²) in [6.07, 6.45) is 4.76. The summed E-state index contributed by atoms with van der Waals surface area (Å²) in [5, 5.41) is 10.1. The van der Waals surface area contributed by atoms with Crippen molar-refractivity contribution in [2.75, 3.05) is 0 Å². The smallest absolute Gasteiger partial charge is 0.171 e. The SMILES string of the molecule is N#Cc1cc(Sc2ncc[nH]2)ncn1. The Morgan fingerprint density at radius 3 is 3.00 bits per heavy atom. The van der Waals surface area contributed by atoms with Crippen molar-refractivity contribution in [2.45, 2.75) is 10.2 Å². The molecule has 0 fully saturated rings. The molecule has 2 heterocycles. The second kappa shape index (κ2) is 3.89. The number of nitriles is 1. The number of imidazole rings is 1. The molecule has 0 unspecified atom stereocenters. The van der Waals surface area contributed by atoms with Gasteiger partial charge in [0.2, 0.25) is 0 Å². The van der Waals surface area contributed by atoms with Gasteiger partial charge in [-0.2, -0.15) is 5.26 Å². The minimum atomic E-state index is 0.356. The number of nitrogens with one attached hydrogen (secondary N) is 1. The summed E-state index contributed by atoms with van der Waals surface area (Å²) < 4.78 is 0. The minimum absolute atomic E-state index is 0.356. The summed E-state index contributed by atoms with van der Waals surface area (Å²) >= 11 is 1.35. The summed E-state index contributed by atoms with van der Waals surface area (Å²) in [4.78, 5) is 14.7. The molecule has 2 aromatic rings. The predicted molar refractivity (Wildman–Crippen MR) is 49.5 cm³/mol. The van der Waals surface area contributed by atoms with Crippen molar-refractivity contribution in [2.24, 2.45) is 0 Å². The van der Waals surface area contributed by atoms with Gasteiger partial charge in [-0.1, -0.05) is 0 Å². The van der Waals surface area contributed by atoms with E-state index in [1.54, 1.807) is 18.5 Å². The third-order valence-electron chi connectivity index (χ3n) is 1.43. The molecule has 2 rings (SSSR count). The lowest BCUT2D eigenvalue weighted by Crippen LogP contribution is -1.87. The summed E-state index contributed by atoms with van der Waals surface area (Å²) in [5.74, 6) is 0. The number of aromatic amines is 1. The Morgan fingerprint density at radius 1 is 1.36 bits per heavy atom. The zero-order valence-corrected chi connectivity index (χ0v) is 7.82. The second-order valence-corrected chi connectivity index (χ2v) is 3.36. The maximum atomic E-state index is 8.62. The molecule has 0 aromatic carbocycles. The Labute approximate surface area is 84.2 Å². The highest BCUT2D eigenvalue weighted by atomic mass is 32.2. The van der Waals surface area contributed by atoms with E-state index in [0.717, 1.165) is 5.16 Å². The van der Waals surface area contributed by atoms with E-state index in [9.17, 15) is 0 Å².